The molecule has 0 aromatic heterocycles. The van der Waals surface area contributed by atoms with Gasteiger partial charge >= 0.3 is 12.0 Å². The Morgan fingerprint density at radius 2 is 2.24 bits per heavy atom. The first-order chi connectivity index (χ1) is 10.1. The summed E-state index contributed by atoms with van der Waals surface area (Å²) in [5, 5.41) is 14.7. The number of carbonyl (C=O) groups is 2. The van der Waals surface area contributed by atoms with Crippen LogP contribution in [0.15, 0.2) is 35.5 Å². The number of phenols is 1. The van der Waals surface area contributed by atoms with Crippen molar-refractivity contribution in [1.82, 2.24) is 10.6 Å². The van der Waals surface area contributed by atoms with E-state index < -0.39 is 18.0 Å². The number of hydrogen-bond donors (Lipinski definition) is 3. The molecule has 112 valence electrons. The lowest BCUT2D eigenvalue weighted by molar-refractivity contribution is -0.139. The number of ether oxygens (including phenoxy) is 1. The first kappa shape index (κ1) is 15.2. The molecule has 2 rings (SSSR count). The van der Waals surface area contributed by atoms with Crippen molar-refractivity contribution in [2.45, 2.75) is 13.0 Å². The number of benzene rings is 1. The molecule has 1 aromatic carbocycles. The van der Waals surface area contributed by atoms with Crippen LogP contribution in [0.2, 0.25) is 0 Å². The lowest BCUT2D eigenvalue weighted by atomic mass is 9.95. The van der Waals surface area contributed by atoms with Gasteiger partial charge < -0.3 is 20.5 Å². The quantitative estimate of drug-likeness (QED) is 0.584. The second kappa shape index (κ2) is 6.49. The fourth-order valence-electron chi connectivity index (χ4n) is 2.13. The van der Waals surface area contributed by atoms with Crippen LogP contribution in [0, 0.1) is 0 Å². The van der Waals surface area contributed by atoms with Crippen molar-refractivity contribution in [2.75, 3.05) is 12.5 Å². The fraction of sp³-hybridized carbons (Fsp3) is 0.286. The molecule has 1 aliphatic rings. The minimum atomic E-state index is -0.723. The van der Waals surface area contributed by atoms with E-state index in [0.717, 1.165) is 0 Å². The standard InChI is InChI=1S/C14H15ClN2O4/c1-2-21-13(19)11-10(7-15)16-14(20)17-12(11)8-4-3-5-9(18)6-8/h3-6,12,18H,2,7H2,1H3,(H2,16,17,20). The molecule has 0 bridgehead atoms. The second-order valence-corrected chi connectivity index (χ2v) is 4.64. The molecular weight excluding hydrogens is 296 g/mol. The summed E-state index contributed by atoms with van der Waals surface area (Å²) in [5.41, 5.74) is 1.10. The summed E-state index contributed by atoms with van der Waals surface area (Å²) in [5.74, 6) is -0.554. The zero-order chi connectivity index (χ0) is 15.4. The first-order valence-electron chi connectivity index (χ1n) is 6.39. The molecule has 21 heavy (non-hydrogen) atoms. The van der Waals surface area contributed by atoms with E-state index in [2.05, 4.69) is 10.6 Å². The molecule has 0 aliphatic carbocycles. The van der Waals surface area contributed by atoms with Crippen LogP contribution in [0.25, 0.3) is 0 Å². The predicted octanol–water partition coefficient (Wildman–Crippen LogP) is 1.80. The Hall–Kier alpha value is -2.21. The Morgan fingerprint density at radius 1 is 1.48 bits per heavy atom. The fourth-order valence-corrected chi connectivity index (χ4v) is 2.34. The summed E-state index contributed by atoms with van der Waals surface area (Å²) >= 11 is 5.81. The Morgan fingerprint density at radius 3 is 2.86 bits per heavy atom. The molecule has 0 fully saturated rings. The van der Waals surface area contributed by atoms with Crippen LogP contribution in [0.3, 0.4) is 0 Å². The van der Waals surface area contributed by atoms with Gasteiger partial charge in [-0.2, -0.15) is 0 Å². The van der Waals surface area contributed by atoms with E-state index >= 15 is 0 Å². The number of amides is 2. The molecule has 1 aromatic rings. The van der Waals surface area contributed by atoms with Gasteiger partial charge in [0.2, 0.25) is 0 Å². The zero-order valence-corrected chi connectivity index (χ0v) is 12.1. The molecule has 3 N–H and O–H groups in total. The normalized spacial score (nSPS) is 18.0. The summed E-state index contributed by atoms with van der Waals surface area (Å²) in [7, 11) is 0. The third-order valence-electron chi connectivity index (χ3n) is 2.99. The smallest absolute Gasteiger partial charge is 0.338 e. The first-order valence-corrected chi connectivity index (χ1v) is 6.92. The number of phenolic OH excluding ortho intramolecular Hbond substituents is 1. The number of hydrogen-bond acceptors (Lipinski definition) is 4. The molecule has 6 nitrogen and oxygen atoms in total. The summed E-state index contributed by atoms with van der Waals surface area (Å²) in [6, 6.07) is 5.11. The van der Waals surface area contributed by atoms with Gasteiger partial charge in [-0.15, -0.1) is 11.6 Å². The number of esters is 1. The molecule has 1 heterocycles. The summed E-state index contributed by atoms with van der Waals surface area (Å²) < 4.78 is 5.02. The maximum Gasteiger partial charge on any atom is 0.338 e. The molecule has 0 saturated heterocycles. The predicted molar refractivity (Wildman–Crippen MR) is 76.9 cm³/mol. The van der Waals surface area contributed by atoms with Gasteiger partial charge in [0.15, 0.2) is 0 Å². The largest absolute Gasteiger partial charge is 0.508 e. The Bertz CT molecular complexity index is 600. The lowest BCUT2D eigenvalue weighted by Gasteiger charge is -2.28. The maximum atomic E-state index is 12.2. The van der Waals surface area contributed by atoms with Gasteiger partial charge in [0.25, 0.3) is 0 Å². The Labute approximate surface area is 126 Å². The van der Waals surface area contributed by atoms with Crippen LogP contribution in [0.1, 0.15) is 18.5 Å². The number of aromatic hydroxyl groups is 1. The van der Waals surface area contributed by atoms with Crippen molar-refractivity contribution in [3.8, 4) is 5.75 Å². The number of nitrogens with one attached hydrogen (secondary N) is 2. The van der Waals surface area contributed by atoms with E-state index in [0.29, 0.717) is 11.3 Å². The topological polar surface area (TPSA) is 87.7 Å². The van der Waals surface area contributed by atoms with E-state index in [1.54, 1.807) is 19.1 Å². The van der Waals surface area contributed by atoms with Crippen LogP contribution in [-0.2, 0) is 9.53 Å². The van der Waals surface area contributed by atoms with E-state index in [4.69, 9.17) is 16.3 Å². The number of urea groups is 1. The highest BCUT2D eigenvalue weighted by Gasteiger charge is 2.33. The molecule has 0 radical (unpaired) electrons. The molecule has 1 atom stereocenters. The van der Waals surface area contributed by atoms with Gasteiger partial charge in [0.05, 0.1) is 24.1 Å². The Balaban J connectivity index is 2.49. The van der Waals surface area contributed by atoms with Gasteiger partial charge in [-0.1, -0.05) is 12.1 Å². The van der Waals surface area contributed by atoms with Gasteiger partial charge in [-0.3, -0.25) is 0 Å². The van der Waals surface area contributed by atoms with Crippen molar-refractivity contribution in [2.24, 2.45) is 0 Å². The monoisotopic (exact) mass is 310 g/mol. The van der Waals surface area contributed by atoms with Crippen LogP contribution in [0.4, 0.5) is 4.79 Å². The van der Waals surface area contributed by atoms with Gasteiger partial charge in [0, 0.05) is 5.70 Å². The van der Waals surface area contributed by atoms with Crippen LogP contribution >= 0.6 is 11.6 Å². The average molecular weight is 311 g/mol. The minimum absolute atomic E-state index is 0.0309. The van der Waals surface area contributed by atoms with E-state index in [1.165, 1.54) is 12.1 Å². The van der Waals surface area contributed by atoms with Gasteiger partial charge in [0.1, 0.15) is 5.75 Å². The Kier molecular flexibility index (Phi) is 4.70. The van der Waals surface area contributed by atoms with Gasteiger partial charge in [-0.25, -0.2) is 9.59 Å². The van der Waals surface area contributed by atoms with Crippen molar-refractivity contribution < 1.29 is 19.4 Å². The minimum Gasteiger partial charge on any atom is -0.508 e. The molecule has 0 spiro atoms. The SMILES string of the molecule is CCOC(=O)C1=C(CCl)NC(=O)NC1c1cccc(O)c1. The van der Waals surface area contributed by atoms with Crippen molar-refractivity contribution in [3.63, 3.8) is 0 Å². The molecule has 0 saturated carbocycles. The third-order valence-corrected chi connectivity index (χ3v) is 3.25. The second-order valence-electron chi connectivity index (χ2n) is 4.37. The number of halogens is 1. The van der Waals surface area contributed by atoms with Crippen molar-refractivity contribution >= 4 is 23.6 Å². The lowest BCUT2D eigenvalue weighted by Crippen LogP contribution is -2.46. The van der Waals surface area contributed by atoms with Crippen LogP contribution < -0.4 is 10.6 Å². The third kappa shape index (κ3) is 3.28. The molecule has 2 amide bonds. The molecule has 7 heteroatoms. The number of rotatable bonds is 4. The molecule has 1 aliphatic heterocycles. The molecule has 1 unspecified atom stereocenters. The van der Waals surface area contributed by atoms with Gasteiger partial charge in [-0.05, 0) is 24.6 Å². The number of carbonyl (C=O) groups excluding carboxylic acids is 2. The van der Waals surface area contributed by atoms with E-state index in [1.807, 2.05) is 0 Å². The summed E-state index contributed by atoms with van der Waals surface area (Å²) in [6.07, 6.45) is 0. The van der Waals surface area contributed by atoms with Crippen LogP contribution in [-0.4, -0.2) is 29.6 Å². The number of alkyl halides is 1. The highest BCUT2D eigenvalue weighted by Crippen LogP contribution is 2.29. The number of allylic oxidation sites excluding steroid dienone is 1. The molecular formula is C14H15ClN2O4. The van der Waals surface area contributed by atoms with Crippen LogP contribution in [0.5, 0.6) is 5.75 Å². The zero-order valence-electron chi connectivity index (χ0n) is 11.4. The highest BCUT2D eigenvalue weighted by molar-refractivity contribution is 6.20. The van der Waals surface area contributed by atoms with Crippen molar-refractivity contribution in [3.05, 3.63) is 41.1 Å². The average Bonchev–Trinajstić information content (AvgIpc) is 2.46. The maximum absolute atomic E-state index is 12.2. The van der Waals surface area contributed by atoms with Crippen molar-refractivity contribution in [1.29, 1.82) is 0 Å². The van der Waals surface area contributed by atoms with E-state index in [9.17, 15) is 14.7 Å². The van der Waals surface area contributed by atoms with E-state index in [-0.39, 0.29) is 23.8 Å². The highest BCUT2D eigenvalue weighted by atomic mass is 35.5. The summed E-state index contributed by atoms with van der Waals surface area (Å²) in [6.45, 7) is 1.90. The summed E-state index contributed by atoms with van der Waals surface area (Å²) in [4.78, 5) is 23.8.